The van der Waals surface area contributed by atoms with Crippen molar-refractivity contribution in [2.75, 3.05) is 20.2 Å². The molecule has 1 unspecified atom stereocenters. The average Bonchev–Trinajstić information content (AvgIpc) is 2.63. The first-order valence-corrected chi connectivity index (χ1v) is 10.0. The highest BCUT2D eigenvalue weighted by atomic mass is 16.5. The largest absolute Gasteiger partial charge is 0.496 e. The van der Waals surface area contributed by atoms with Crippen molar-refractivity contribution in [2.24, 2.45) is 11.8 Å². The molecule has 0 spiro atoms. The Hall–Kier alpha value is -1.91. The lowest BCUT2D eigenvalue weighted by atomic mass is 9.63. The molecule has 2 fully saturated rings. The van der Waals surface area contributed by atoms with Gasteiger partial charge in [-0.2, -0.15) is 0 Å². The number of hydrogen-bond acceptors (Lipinski definition) is 4. The number of piperidine rings is 1. The fourth-order valence-corrected chi connectivity index (χ4v) is 5.24. The molecule has 0 radical (unpaired) electrons. The van der Waals surface area contributed by atoms with Crippen LogP contribution in [0, 0.1) is 25.7 Å². The van der Waals surface area contributed by atoms with E-state index in [1.165, 1.54) is 17.5 Å². The van der Waals surface area contributed by atoms with Crippen molar-refractivity contribution in [3.63, 3.8) is 0 Å². The zero-order chi connectivity index (χ0) is 19.0. The Morgan fingerprint density at radius 3 is 2.59 bits per heavy atom. The highest BCUT2D eigenvalue weighted by Gasteiger charge is 2.52. The second-order valence-corrected chi connectivity index (χ2v) is 8.33. The van der Waals surface area contributed by atoms with Crippen molar-refractivity contribution in [1.29, 1.82) is 0 Å². The molecule has 4 nitrogen and oxygen atoms in total. The van der Waals surface area contributed by atoms with E-state index >= 15 is 0 Å². The van der Waals surface area contributed by atoms with Gasteiger partial charge in [-0.15, -0.1) is 0 Å². The van der Waals surface area contributed by atoms with Crippen LogP contribution in [-0.4, -0.2) is 35.2 Å². The first-order valence-electron chi connectivity index (χ1n) is 10.0. The molecule has 27 heavy (non-hydrogen) atoms. The van der Waals surface area contributed by atoms with Crippen molar-refractivity contribution in [2.45, 2.75) is 45.3 Å². The van der Waals surface area contributed by atoms with Crippen molar-refractivity contribution in [3.05, 3.63) is 58.9 Å². The minimum Gasteiger partial charge on any atom is -0.496 e. The summed E-state index contributed by atoms with van der Waals surface area (Å²) in [5.41, 5.74) is 3.69. The normalized spacial score (nSPS) is 28.1. The van der Waals surface area contributed by atoms with E-state index in [1.807, 2.05) is 12.3 Å². The molecule has 2 bridgehead atoms. The fraction of sp³-hybridized carbons (Fsp3) is 0.522. The lowest BCUT2D eigenvalue weighted by Gasteiger charge is -2.53. The summed E-state index contributed by atoms with van der Waals surface area (Å²) in [5, 5.41) is 11.8. The van der Waals surface area contributed by atoms with Crippen LogP contribution in [0.2, 0.25) is 0 Å². The Bertz CT molecular complexity index is 806. The van der Waals surface area contributed by atoms with E-state index in [1.54, 1.807) is 7.11 Å². The predicted octanol–water partition coefficient (Wildman–Crippen LogP) is 3.83. The number of rotatable bonds is 4. The van der Waals surface area contributed by atoms with Gasteiger partial charge in [0, 0.05) is 43.2 Å². The molecule has 1 aromatic heterocycles. The molecule has 0 amide bonds. The van der Waals surface area contributed by atoms with Crippen LogP contribution >= 0.6 is 0 Å². The topological polar surface area (TPSA) is 45.6 Å². The maximum absolute atomic E-state index is 11.8. The highest BCUT2D eigenvalue weighted by molar-refractivity contribution is 5.37. The average molecular weight is 367 g/mol. The van der Waals surface area contributed by atoms with Crippen LogP contribution in [0.4, 0.5) is 0 Å². The van der Waals surface area contributed by atoms with E-state index in [-0.39, 0.29) is 11.8 Å². The number of nitrogens with zero attached hydrogens (tertiary/aromatic N) is 2. The van der Waals surface area contributed by atoms with Gasteiger partial charge in [-0.1, -0.05) is 30.2 Å². The quantitative estimate of drug-likeness (QED) is 0.893. The molecule has 144 valence electrons. The predicted molar refractivity (Wildman–Crippen MR) is 107 cm³/mol. The smallest absolute Gasteiger partial charge is 0.123 e. The molecule has 4 rings (SSSR count). The summed E-state index contributed by atoms with van der Waals surface area (Å²) in [6.45, 7) is 6.87. The number of ether oxygens (including phenoxy) is 1. The number of aryl methyl sites for hydroxylation is 2. The molecule has 1 aromatic carbocycles. The van der Waals surface area contributed by atoms with Gasteiger partial charge in [0.05, 0.1) is 12.8 Å². The van der Waals surface area contributed by atoms with Crippen molar-refractivity contribution in [3.8, 4) is 5.75 Å². The Morgan fingerprint density at radius 1 is 1.19 bits per heavy atom. The van der Waals surface area contributed by atoms with Crippen molar-refractivity contribution < 1.29 is 9.84 Å². The second-order valence-electron chi connectivity index (χ2n) is 8.33. The summed E-state index contributed by atoms with van der Waals surface area (Å²) in [7, 11) is 1.74. The molecule has 4 heteroatoms. The molecule has 1 saturated heterocycles. The van der Waals surface area contributed by atoms with Crippen LogP contribution < -0.4 is 4.74 Å². The molecule has 2 heterocycles. The molecule has 1 N–H and O–H groups in total. The Balaban J connectivity index is 1.61. The summed E-state index contributed by atoms with van der Waals surface area (Å²) in [4.78, 5) is 7.11. The van der Waals surface area contributed by atoms with Crippen LogP contribution in [0.25, 0.3) is 0 Å². The molecular formula is C23H30N2O2. The Morgan fingerprint density at radius 2 is 1.93 bits per heavy atom. The summed E-state index contributed by atoms with van der Waals surface area (Å²) < 4.78 is 5.58. The summed E-state index contributed by atoms with van der Waals surface area (Å²) in [6, 6.07) is 10.4. The molecule has 1 aliphatic carbocycles. The SMILES string of the molecule is COc1ccc(C)cc1CN1C[C@H]2CCC[C@@H](C1)C2(O)c1ncccc1C. The first kappa shape index (κ1) is 18.5. The van der Waals surface area contributed by atoms with E-state index < -0.39 is 5.60 Å². The summed E-state index contributed by atoms with van der Waals surface area (Å²) >= 11 is 0. The number of pyridine rings is 1. The van der Waals surface area contributed by atoms with Crippen LogP contribution in [0.3, 0.4) is 0 Å². The number of fused-ring (bicyclic) bond motifs is 2. The van der Waals surface area contributed by atoms with E-state index in [9.17, 15) is 5.11 Å². The maximum atomic E-state index is 11.8. The van der Waals surface area contributed by atoms with Gasteiger partial charge in [-0.3, -0.25) is 9.88 Å². The van der Waals surface area contributed by atoms with E-state index in [2.05, 4.69) is 48.0 Å². The van der Waals surface area contributed by atoms with Crippen LogP contribution in [-0.2, 0) is 12.1 Å². The fourth-order valence-electron chi connectivity index (χ4n) is 5.24. The first-order chi connectivity index (χ1) is 13.0. The van der Waals surface area contributed by atoms with Gasteiger partial charge in [0.1, 0.15) is 11.4 Å². The molecule has 2 aliphatic rings. The minimum absolute atomic E-state index is 0.231. The monoisotopic (exact) mass is 366 g/mol. The number of aliphatic hydroxyl groups is 1. The van der Waals surface area contributed by atoms with Crippen LogP contribution in [0.5, 0.6) is 5.75 Å². The third-order valence-electron chi connectivity index (χ3n) is 6.53. The second kappa shape index (κ2) is 7.25. The Kier molecular flexibility index (Phi) is 4.95. The molecule has 1 aliphatic heterocycles. The molecule has 3 atom stereocenters. The van der Waals surface area contributed by atoms with Gasteiger partial charge in [-0.05, 0) is 44.4 Å². The zero-order valence-corrected chi connectivity index (χ0v) is 16.6. The zero-order valence-electron chi connectivity index (χ0n) is 16.6. The Labute approximate surface area is 162 Å². The third kappa shape index (κ3) is 3.26. The van der Waals surface area contributed by atoms with E-state index in [0.29, 0.717) is 0 Å². The van der Waals surface area contributed by atoms with E-state index in [0.717, 1.165) is 49.5 Å². The summed E-state index contributed by atoms with van der Waals surface area (Å²) in [5.74, 6) is 1.41. The lowest BCUT2D eigenvalue weighted by molar-refractivity contribution is -0.151. The van der Waals surface area contributed by atoms with Gasteiger partial charge in [-0.25, -0.2) is 0 Å². The van der Waals surface area contributed by atoms with Gasteiger partial charge >= 0.3 is 0 Å². The van der Waals surface area contributed by atoms with Gasteiger partial charge in [0.15, 0.2) is 0 Å². The standard InChI is InChI=1S/C23H30N2O2/c1-16-9-10-21(27-3)18(12-16)13-25-14-19-7-4-8-20(15-25)23(19,26)22-17(2)6-5-11-24-22/h5-6,9-12,19-20,26H,4,7-8,13-15H2,1-3H3/t19-,20+,23?. The highest BCUT2D eigenvalue weighted by Crippen LogP contribution is 2.49. The molecule has 1 saturated carbocycles. The van der Waals surface area contributed by atoms with Crippen LogP contribution in [0.1, 0.15) is 41.6 Å². The number of hydrogen-bond donors (Lipinski definition) is 1. The van der Waals surface area contributed by atoms with Crippen molar-refractivity contribution >= 4 is 0 Å². The molecule has 2 aromatic rings. The third-order valence-corrected chi connectivity index (χ3v) is 6.53. The lowest BCUT2D eigenvalue weighted by Crippen LogP contribution is -2.58. The number of benzene rings is 1. The van der Waals surface area contributed by atoms with Gasteiger partial charge in [0.2, 0.25) is 0 Å². The summed E-state index contributed by atoms with van der Waals surface area (Å²) in [6.07, 6.45) is 5.14. The number of likely N-dealkylation sites (tertiary alicyclic amines) is 1. The maximum Gasteiger partial charge on any atom is 0.123 e. The van der Waals surface area contributed by atoms with E-state index in [4.69, 9.17) is 4.74 Å². The number of methoxy groups -OCH3 is 1. The van der Waals surface area contributed by atoms with Crippen LogP contribution in [0.15, 0.2) is 36.5 Å². The van der Waals surface area contributed by atoms with Crippen molar-refractivity contribution in [1.82, 2.24) is 9.88 Å². The molecular weight excluding hydrogens is 336 g/mol. The number of aromatic nitrogens is 1. The van der Waals surface area contributed by atoms with Gasteiger partial charge in [0.25, 0.3) is 0 Å². The van der Waals surface area contributed by atoms with Gasteiger partial charge < -0.3 is 9.84 Å². The minimum atomic E-state index is -0.795.